The number of anilines is 1. The van der Waals surface area contributed by atoms with Crippen molar-refractivity contribution in [3.05, 3.63) is 107 Å². The first kappa shape index (κ1) is 24.7. The van der Waals surface area contributed by atoms with Crippen molar-refractivity contribution in [1.29, 1.82) is 0 Å². The molecule has 37 heavy (non-hydrogen) atoms. The molecule has 0 amide bonds. The number of carboxylic acids is 1. The molecule has 0 saturated carbocycles. The van der Waals surface area contributed by atoms with Crippen molar-refractivity contribution in [2.24, 2.45) is 0 Å². The van der Waals surface area contributed by atoms with E-state index in [1.807, 2.05) is 31.2 Å². The van der Waals surface area contributed by atoms with Crippen molar-refractivity contribution in [2.45, 2.75) is 44.8 Å². The van der Waals surface area contributed by atoms with Gasteiger partial charge < -0.3 is 19.6 Å². The number of halogens is 1. The van der Waals surface area contributed by atoms with Crippen molar-refractivity contribution >= 4 is 11.7 Å². The maximum Gasteiger partial charge on any atom is 0.305 e. The summed E-state index contributed by atoms with van der Waals surface area (Å²) in [6.45, 7) is 2.58. The van der Waals surface area contributed by atoms with Gasteiger partial charge in [-0.3, -0.25) is 4.79 Å². The van der Waals surface area contributed by atoms with Gasteiger partial charge in [-0.1, -0.05) is 41.6 Å². The summed E-state index contributed by atoms with van der Waals surface area (Å²) in [5, 5.41) is 22.9. The molecular weight excluding hydrogens is 471 g/mol. The van der Waals surface area contributed by atoms with Gasteiger partial charge in [0.15, 0.2) is 0 Å². The zero-order valence-electron chi connectivity index (χ0n) is 20.6. The van der Waals surface area contributed by atoms with Gasteiger partial charge in [-0.2, -0.15) is 0 Å². The minimum Gasteiger partial charge on any atom is -0.481 e. The summed E-state index contributed by atoms with van der Waals surface area (Å²) in [6, 6.07) is 20.6. The molecule has 0 radical (unpaired) electrons. The molecule has 1 fully saturated rings. The molecule has 0 bridgehead atoms. The third-order valence-corrected chi connectivity index (χ3v) is 7.23. The lowest BCUT2D eigenvalue weighted by atomic mass is 9.95. The van der Waals surface area contributed by atoms with Crippen LogP contribution in [0.2, 0.25) is 0 Å². The van der Waals surface area contributed by atoms with E-state index >= 15 is 0 Å². The van der Waals surface area contributed by atoms with E-state index in [0.717, 1.165) is 40.1 Å². The molecule has 190 valence electrons. The SMILES string of the molecule is Cc1cc(-c2cc(CO)ccc2F)ccc1Cc1ccc(N2CC(c3ccon3)CC2CC(=O)O)cc1. The maximum atomic E-state index is 14.4. The van der Waals surface area contributed by atoms with Gasteiger partial charge >= 0.3 is 5.97 Å². The fourth-order valence-electron chi connectivity index (χ4n) is 5.25. The Bertz CT molecular complexity index is 1390. The first-order valence-electron chi connectivity index (χ1n) is 12.4. The number of aliphatic carboxylic acids is 1. The molecule has 6 nitrogen and oxygen atoms in total. The van der Waals surface area contributed by atoms with E-state index in [-0.39, 0.29) is 30.8 Å². The molecular formula is C30H29FN2O4. The van der Waals surface area contributed by atoms with E-state index < -0.39 is 5.97 Å². The molecule has 5 rings (SSSR count). The van der Waals surface area contributed by atoms with Gasteiger partial charge in [-0.25, -0.2) is 4.39 Å². The molecule has 2 unspecified atom stereocenters. The number of aliphatic hydroxyl groups excluding tert-OH is 1. The topological polar surface area (TPSA) is 86.8 Å². The summed E-state index contributed by atoms with van der Waals surface area (Å²) in [5.74, 6) is -0.991. The summed E-state index contributed by atoms with van der Waals surface area (Å²) in [4.78, 5) is 13.6. The third kappa shape index (κ3) is 5.42. The Labute approximate surface area is 215 Å². The Balaban J connectivity index is 1.32. The van der Waals surface area contributed by atoms with E-state index in [0.29, 0.717) is 24.1 Å². The Morgan fingerprint density at radius 3 is 2.54 bits per heavy atom. The van der Waals surface area contributed by atoms with E-state index in [1.165, 1.54) is 6.07 Å². The first-order chi connectivity index (χ1) is 17.9. The quantitative estimate of drug-likeness (QED) is 0.322. The molecule has 2 atom stereocenters. The van der Waals surface area contributed by atoms with Crippen molar-refractivity contribution in [3.63, 3.8) is 0 Å². The number of rotatable bonds is 8. The van der Waals surface area contributed by atoms with Crippen molar-refractivity contribution in [1.82, 2.24) is 5.16 Å². The Morgan fingerprint density at radius 1 is 1.08 bits per heavy atom. The highest BCUT2D eigenvalue weighted by atomic mass is 19.1. The number of carbonyl (C=O) groups is 1. The summed E-state index contributed by atoms with van der Waals surface area (Å²) in [5.41, 5.74) is 7.13. The average molecular weight is 501 g/mol. The van der Waals surface area contributed by atoms with Gasteiger partial charge in [0.25, 0.3) is 0 Å². The lowest BCUT2D eigenvalue weighted by Crippen LogP contribution is -2.31. The lowest BCUT2D eigenvalue weighted by Gasteiger charge is -2.26. The smallest absolute Gasteiger partial charge is 0.305 e. The molecule has 4 aromatic rings. The number of hydrogen-bond donors (Lipinski definition) is 2. The highest BCUT2D eigenvalue weighted by molar-refractivity contribution is 5.69. The molecule has 2 heterocycles. The molecule has 2 N–H and O–H groups in total. The summed E-state index contributed by atoms with van der Waals surface area (Å²) >= 11 is 0. The molecule has 0 aliphatic carbocycles. The van der Waals surface area contributed by atoms with Crippen LogP contribution >= 0.6 is 0 Å². The standard InChI is InChI=1S/C30H29FN2O4/c1-19-12-23(27-14-21(18-34)4-9-28(27)31)6-5-22(19)13-20-2-7-25(8-3-20)33-17-24(29-10-11-37-32-29)15-26(33)16-30(35)36/h2-12,14,24,26,34H,13,15-18H2,1H3,(H,35,36). The summed E-state index contributed by atoms with van der Waals surface area (Å²) in [7, 11) is 0. The number of nitrogens with zero attached hydrogens (tertiary/aromatic N) is 2. The van der Waals surface area contributed by atoms with Gasteiger partial charge in [0.1, 0.15) is 12.1 Å². The molecule has 1 aliphatic rings. The van der Waals surface area contributed by atoms with Gasteiger partial charge in [-0.05, 0) is 71.8 Å². The van der Waals surface area contributed by atoms with Crippen LogP contribution in [-0.4, -0.2) is 33.9 Å². The van der Waals surface area contributed by atoms with Gasteiger partial charge in [0, 0.05) is 35.8 Å². The Morgan fingerprint density at radius 2 is 1.86 bits per heavy atom. The number of aromatic nitrogens is 1. The Kier molecular flexibility index (Phi) is 7.06. The van der Waals surface area contributed by atoms with Crippen molar-refractivity contribution in [2.75, 3.05) is 11.4 Å². The van der Waals surface area contributed by atoms with Crippen LogP contribution in [0.3, 0.4) is 0 Å². The van der Waals surface area contributed by atoms with Gasteiger partial charge in [0.2, 0.25) is 0 Å². The minimum absolute atomic E-state index is 0.0729. The molecule has 3 aromatic carbocycles. The van der Waals surface area contributed by atoms with Crippen LogP contribution in [0, 0.1) is 12.7 Å². The highest BCUT2D eigenvalue weighted by Crippen LogP contribution is 2.36. The van der Waals surface area contributed by atoms with Crippen LogP contribution < -0.4 is 4.90 Å². The average Bonchev–Trinajstić information content (AvgIpc) is 3.56. The molecule has 1 aliphatic heterocycles. The molecule has 1 aromatic heterocycles. The fourth-order valence-corrected chi connectivity index (χ4v) is 5.25. The van der Waals surface area contributed by atoms with Crippen LogP contribution in [0.5, 0.6) is 0 Å². The van der Waals surface area contributed by atoms with Crippen LogP contribution in [0.15, 0.2) is 77.5 Å². The second kappa shape index (κ2) is 10.6. The highest BCUT2D eigenvalue weighted by Gasteiger charge is 2.35. The molecule has 7 heteroatoms. The number of carboxylic acid groups (broad SMARTS) is 1. The normalized spacial score (nSPS) is 17.3. The molecule has 1 saturated heterocycles. The van der Waals surface area contributed by atoms with E-state index in [4.69, 9.17) is 4.52 Å². The molecule has 0 spiro atoms. The zero-order chi connectivity index (χ0) is 25.9. The Hall–Kier alpha value is -3.97. The maximum absolute atomic E-state index is 14.4. The predicted octanol–water partition coefficient (Wildman–Crippen LogP) is 5.71. The summed E-state index contributed by atoms with van der Waals surface area (Å²) < 4.78 is 19.4. The largest absolute Gasteiger partial charge is 0.481 e. The first-order valence-corrected chi connectivity index (χ1v) is 12.4. The zero-order valence-corrected chi connectivity index (χ0v) is 20.6. The second-order valence-corrected chi connectivity index (χ2v) is 9.72. The van der Waals surface area contributed by atoms with E-state index in [9.17, 15) is 19.4 Å². The van der Waals surface area contributed by atoms with Gasteiger partial charge in [-0.15, -0.1) is 0 Å². The second-order valence-electron chi connectivity index (χ2n) is 9.72. The van der Waals surface area contributed by atoms with Crippen LogP contribution in [-0.2, 0) is 17.8 Å². The van der Waals surface area contributed by atoms with Crippen LogP contribution in [0.1, 0.15) is 46.7 Å². The number of hydrogen-bond acceptors (Lipinski definition) is 5. The summed E-state index contributed by atoms with van der Waals surface area (Å²) in [6.07, 6.45) is 3.07. The van der Waals surface area contributed by atoms with E-state index in [2.05, 4.69) is 34.3 Å². The number of aliphatic hydroxyl groups is 1. The van der Waals surface area contributed by atoms with Crippen LogP contribution in [0.25, 0.3) is 11.1 Å². The number of benzene rings is 3. The predicted molar refractivity (Wildman–Crippen MR) is 139 cm³/mol. The van der Waals surface area contributed by atoms with Crippen molar-refractivity contribution in [3.8, 4) is 11.1 Å². The minimum atomic E-state index is -0.811. The third-order valence-electron chi connectivity index (χ3n) is 7.23. The lowest BCUT2D eigenvalue weighted by molar-refractivity contribution is -0.137. The van der Waals surface area contributed by atoms with Gasteiger partial charge in [0.05, 0.1) is 18.7 Å². The van der Waals surface area contributed by atoms with Crippen molar-refractivity contribution < 1.29 is 23.9 Å². The monoisotopic (exact) mass is 500 g/mol. The van der Waals surface area contributed by atoms with E-state index in [1.54, 1.807) is 18.4 Å². The van der Waals surface area contributed by atoms with Crippen LogP contribution in [0.4, 0.5) is 10.1 Å². The fraction of sp³-hybridized carbons (Fsp3) is 0.267. The number of aryl methyl sites for hydroxylation is 1.